The van der Waals surface area contributed by atoms with Crippen LogP contribution in [0.3, 0.4) is 0 Å². The molecule has 0 unspecified atom stereocenters. The van der Waals surface area contributed by atoms with Crippen LogP contribution in [0.2, 0.25) is 0 Å². The van der Waals surface area contributed by atoms with Gasteiger partial charge in [0.25, 0.3) is 0 Å². The highest BCUT2D eigenvalue weighted by molar-refractivity contribution is 6.14. The largest absolute Gasteiger partial charge is 0.309 e. The highest BCUT2D eigenvalue weighted by Crippen LogP contribution is 2.38. The second-order valence-electron chi connectivity index (χ2n) is 12.7. The normalized spacial score (nSPS) is 11.7. The minimum Gasteiger partial charge on any atom is -0.309 e. The lowest BCUT2D eigenvalue weighted by molar-refractivity contribution is 1.18. The van der Waals surface area contributed by atoms with Crippen LogP contribution in [0.15, 0.2) is 176 Å². The lowest BCUT2D eigenvalue weighted by Crippen LogP contribution is -1.98. The van der Waals surface area contributed by atoms with Gasteiger partial charge in [-0.15, -0.1) is 0 Å². The average Bonchev–Trinajstić information content (AvgIpc) is 3.49. The van der Waals surface area contributed by atoms with Crippen LogP contribution in [0.25, 0.3) is 93.7 Å². The monoisotopic (exact) mass is 623 g/mol. The molecule has 0 amide bonds. The fourth-order valence-corrected chi connectivity index (χ4v) is 7.33. The van der Waals surface area contributed by atoms with E-state index in [1.54, 1.807) is 0 Å². The van der Waals surface area contributed by atoms with Crippen molar-refractivity contribution in [1.29, 1.82) is 0 Å². The first-order chi connectivity index (χ1) is 24.3. The number of para-hydroxylation sites is 1. The zero-order valence-electron chi connectivity index (χ0n) is 26.6. The number of aromatic nitrogens is 3. The molecule has 0 N–H and O–H groups in total. The lowest BCUT2D eigenvalue weighted by Gasteiger charge is -2.14. The van der Waals surface area contributed by atoms with Crippen molar-refractivity contribution in [3.05, 3.63) is 176 Å². The average molecular weight is 624 g/mol. The van der Waals surface area contributed by atoms with E-state index < -0.39 is 0 Å². The van der Waals surface area contributed by atoms with E-state index in [1.165, 1.54) is 48.7 Å². The maximum atomic E-state index is 5.22. The standard InChI is InChI=1S/C46H29N3/c1-2-12-32(13-3-1)41-29-42(36-23-21-30-11-4-5-14-33(30)25-36)48-46(47-41)37-24-22-31-17-10-20-44(39(31)27-37)49-43-19-9-8-18-38(43)40-26-34-15-6-7-16-35(34)28-45(40)49/h1-29H. The minimum absolute atomic E-state index is 0.703. The van der Waals surface area contributed by atoms with Gasteiger partial charge in [-0.1, -0.05) is 133 Å². The van der Waals surface area contributed by atoms with Crippen LogP contribution in [-0.2, 0) is 0 Å². The van der Waals surface area contributed by atoms with Crippen LogP contribution in [0.4, 0.5) is 0 Å². The summed E-state index contributed by atoms with van der Waals surface area (Å²) in [5, 5.41) is 9.69. The number of fused-ring (bicyclic) bond motifs is 6. The zero-order valence-corrected chi connectivity index (χ0v) is 26.6. The highest BCUT2D eigenvalue weighted by atomic mass is 15.0. The van der Waals surface area contributed by atoms with Gasteiger partial charge in [-0.05, 0) is 69.4 Å². The van der Waals surface area contributed by atoms with Crippen LogP contribution < -0.4 is 0 Å². The molecule has 0 saturated carbocycles. The fourth-order valence-electron chi connectivity index (χ4n) is 7.33. The van der Waals surface area contributed by atoms with Gasteiger partial charge in [0.15, 0.2) is 5.82 Å². The minimum atomic E-state index is 0.703. The van der Waals surface area contributed by atoms with E-state index in [4.69, 9.17) is 9.97 Å². The Bertz CT molecular complexity index is 2880. The molecular weight excluding hydrogens is 595 g/mol. The first kappa shape index (κ1) is 27.5. The molecular formula is C46H29N3. The van der Waals surface area contributed by atoms with Crippen LogP contribution >= 0.6 is 0 Å². The first-order valence-electron chi connectivity index (χ1n) is 16.7. The van der Waals surface area contributed by atoms with Gasteiger partial charge in [0.2, 0.25) is 0 Å². The van der Waals surface area contributed by atoms with Crippen LogP contribution in [0.5, 0.6) is 0 Å². The first-order valence-corrected chi connectivity index (χ1v) is 16.7. The Morgan fingerprint density at radius 3 is 1.80 bits per heavy atom. The quantitative estimate of drug-likeness (QED) is 0.195. The molecule has 3 heteroatoms. The summed E-state index contributed by atoms with van der Waals surface area (Å²) in [7, 11) is 0. The number of benzene rings is 8. The molecule has 2 aromatic heterocycles. The van der Waals surface area contributed by atoms with Crippen molar-refractivity contribution in [3.63, 3.8) is 0 Å². The molecule has 3 nitrogen and oxygen atoms in total. The lowest BCUT2D eigenvalue weighted by atomic mass is 10.0. The molecule has 8 aromatic carbocycles. The Kier molecular flexibility index (Phi) is 6.18. The van der Waals surface area contributed by atoms with E-state index in [1.807, 2.05) is 6.07 Å². The molecule has 228 valence electrons. The second-order valence-corrected chi connectivity index (χ2v) is 12.7. The van der Waals surface area contributed by atoms with Crippen molar-refractivity contribution < 1.29 is 0 Å². The van der Waals surface area contributed by atoms with Crippen LogP contribution in [-0.4, -0.2) is 14.5 Å². The Hall–Kier alpha value is -6.58. The van der Waals surface area contributed by atoms with Gasteiger partial charge in [0.1, 0.15) is 0 Å². The predicted octanol–water partition coefficient (Wildman–Crippen LogP) is 12.0. The fraction of sp³-hybridized carbons (Fsp3) is 0. The van der Waals surface area contributed by atoms with Gasteiger partial charge in [-0.2, -0.15) is 0 Å². The van der Waals surface area contributed by atoms with Crippen molar-refractivity contribution in [2.24, 2.45) is 0 Å². The van der Waals surface area contributed by atoms with Crippen molar-refractivity contribution in [2.45, 2.75) is 0 Å². The van der Waals surface area contributed by atoms with E-state index in [0.29, 0.717) is 5.82 Å². The Morgan fingerprint density at radius 1 is 0.327 bits per heavy atom. The molecule has 0 radical (unpaired) electrons. The van der Waals surface area contributed by atoms with E-state index >= 15 is 0 Å². The maximum Gasteiger partial charge on any atom is 0.160 e. The summed E-state index contributed by atoms with van der Waals surface area (Å²) < 4.78 is 2.42. The van der Waals surface area contributed by atoms with E-state index in [0.717, 1.165) is 39.2 Å². The third-order valence-electron chi connectivity index (χ3n) is 9.74. The molecule has 0 aliphatic heterocycles. The van der Waals surface area contributed by atoms with Crippen LogP contribution in [0, 0.1) is 0 Å². The summed E-state index contributed by atoms with van der Waals surface area (Å²) in [6.07, 6.45) is 0. The molecule has 0 fully saturated rings. The van der Waals surface area contributed by atoms with Crippen LogP contribution in [0.1, 0.15) is 0 Å². The number of rotatable bonds is 4. The van der Waals surface area contributed by atoms with Crippen molar-refractivity contribution in [3.8, 4) is 39.6 Å². The van der Waals surface area contributed by atoms with E-state index in [9.17, 15) is 0 Å². The number of hydrogen-bond acceptors (Lipinski definition) is 2. The molecule has 0 saturated heterocycles. The summed E-state index contributed by atoms with van der Waals surface area (Å²) in [5.74, 6) is 0.703. The van der Waals surface area contributed by atoms with Gasteiger partial charge in [0, 0.05) is 32.8 Å². The van der Waals surface area contributed by atoms with Gasteiger partial charge >= 0.3 is 0 Å². The Labute approximate surface area is 283 Å². The number of nitrogens with zero attached hydrogens (tertiary/aromatic N) is 3. The van der Waals surface area contributed by atoms with Gasteiger partial charge in [-0.3, -0.25) is 0 Å². The third-order valence-corrected chi connectivity index (χ3v) is 9.74. The molecule has 2 heterocycles. The molecule has 0 aliphatic carbocycles. The topological polar surface area (TPSA) is 30.7 Å². The van der Waals surface area contributed by atoms with Gasteiger partial charge < -0.3 is 4.57 Å². The van der Waals surface area contributed by atoms with E-state index in [-0.39, 0.29) is 0 Å². The summed E-state index contributed by atoms with van der Waals surface area (Å²) in [5.41, 5.74) is 8.42. The summed E-state index contributed by atoms with van der Waals surface area (Å²) in [4.78, 5) is 10.4. The summed E-state index contributed by atoms with van der Waals surface area (Å²) in [6.45, 7) is 0. The zero-order chi connectivity index (χ0) is 32.3. The Balaban J connectivity index is 1.21. The smallest absolute Gasteiger partial charge is 0.160 e. The van der Waals surface area contributed by atoms with Crippen molar-refractivity contribution >= 4 is 54.1 Å². The molecule has 0 aliphatic rings. The molecule has 0 atom stereocenters. The van der Waals surface area contributed by atoms with Gasteiger partial charge in [-0.25, -0.2) is 9.97 Å². The van der Waals surface area contributed by atoms with Gasteiger partial charge in [0.05, 0.1) is 28.1 Å². The van der Waals surface area contributed by atoms with E-state index in [2.05, 4.69) is 174 Å². The molecule has 49 heavy (non-hydrogen) atoms. The van der Waals surface area contributed by atoms with Crippen molar-refractivity contribution in [1.82, 2.24) is 14.5 Å². The maximum absolute atomic E-state index is 5.22. The number of hydrogen-bond donors (Lipinski definition) is 0. The Morgan fingerprint density at radius 2 is 0.959 bits per heavy atom. The highest BCUT2D eigenvalue weighted by Gasteiger charge is 2.17. The molecule has 0 bridgehead atoms. The SMILES string of the molecule is c1ccc(-c2cc(-c3ccc4ccccc4c3)nc(-c3ccc4cccc(-n5c6ccccc6c6cc7ccccc7cc65)c4c3)n2)cc1. The summed E-state index contributed by atoms with van der Waals surface area (Å²) >= 11 is 0. The predicted molar refractivity (Wildman–Crippen MR) is 205 cm³/mol. The molecule has 10 rings (SSSR count). The third kappa shape index (κ3) is 4.59. The van der Waals surface area contributed by atoms with Crippen molar-refractivity contribution in [2.75, 3.05) is 0 Å². The second kappa shape index (κ2) is 11.0. The summed E-state index contributed by atoms with van der Waals surface area (Å²) in [6, 6.07) is 62.7. The molecule has 10 aromatic rings. The molecule has 0 spiro atoms.